The summed E-state index contributed by atoms with van der Waals surface area (Å²) in [6.45, 7) is 0. The highest BCUT2D eigenvalue weighted by Gasteiger charge is 2.24. The van der Waals surface area contributed by atoms with Gasteiger partial charge in [0.25, 0.3) is 11.8 Å². The summed E-state index contributed by atoms with van der Waals surface area (Å²) in [6.07, 6.45) is 11.4. The van der Waals surface area contributed by atoms with Gasteiger partial charge in [-0.2, -0.15) is 9.83 Å². The van der Waals surface area contributed by atoms with Gasteiger partial charge in [0.15, 0.2) is 16.0 Å². The Bertz CT molecular complexity index is 3870. The van der Waals surface area contributed by atoms with Crippen LogP contribution in [0.15, 0.2) is 206 Å². The third-order valence-corrected chi connectivity index (χ3v) is 12.7. The molecule has 0 atom stereocenters. The van der Waals surface area contributed by atoms with E-state index in [1.807, 2.05) is 89.6 Å². The number of fused-ring (bicyclic) bond motifs is 2. The lowest BCUT2D eigenvalue weighted by atomic mass is 10.1. The second-order valence-corrected chi connectivity index (χ2v) is 18.6. The second kappa shape index (κ2) is 19.9. The molecule has 0 spiro atoms. The fraction of sp³-hybridized carbons (Fsp3) is 0.0179. The van der Waals surface area contributed by atoms with E-state index in [0.29, 0.717) is 78.3 Å². The van der Waals surface area contributed by atoms with Crippen molar-refractivity contribution in [1.29, 1.82) is 5.26 Å². The number of aromatic nitrogens is 4. The van der Waals surface area contributed by atoms with Crippen LogP contribution in [0.25, 0.3) is 27.5 Å². The Balaban J connectivity index is 0.999. The quantitative estimate of drug-likeness (QED) is 0.0563. The van der Waals surface area contributed by atoms with Crippen LogP contribution in [0.5, 0.6) is 0 Å². The first-order chi connectivity index (χ1) is 35.0. The Kier molecular flexibility index (Phi) is 12.7. The first-order valence-corrected chi connectivity index (χ1v) is 24.3. The molecule has 0 aliphatic carbocycles. The summed E-state index contributed by atoms with van der Waals surface area (Å²) >= 11 is 0. The van der Waals surface area contributed by atoms with Crippen molar-refractivity contribution in [2.24, 2.45) is 0 Å². The van der Waals surface area contributed by atoms with Gasteiger partial charge < -0.3 is 31.9 Å². The molecule has 0 aliphatic heterocycles. The van der Waals surface area contributed by atoms with Crippen molar-refractivity contribution in [2.45, 2.75) is 4.90 Å². The Hall–Kier alpha value is -9.98. The summed E-state index contributed by atoms with van der Waals surface area (Å²) in [5, 5.41) is 30.7. The van der Waals surface area contributed by atoms with E-state index in [2.05, 4.69) is 52.9 Å². The van der Waals surface area contributed by atoms with Gasteiger partial charge in [-0.25, -0.2) is 8.42 Å². The van der Waals surface area contributed by atoms with Gasteiger partial charge in [-0.1, -0.05) is 18.2 Å². The van der Waals surface area contributed by atoms with Gasteiger partial charge in [-0.05, 0) is 127 Å². The molecule has 0 bridgehead atoms. The van der Waals surface area contributed by atoms with E-state index >= 15 is 0 Å². The molecule has 10 rings (SSSR count). The predicted octanol–water partition coefficient (Wildman–Crippen LogP) is 11.2. The van der Waals surface area contributed by atoms with Crippen molar-refractivity contribution >= 4 is 100 Å². The van der Waals surface area contributed by atoms with Gasteiger partial charge in [-0.3, -0.25) is 24.5 Å². The molecule has 72 heavy (non-hydrogen) atoms. The maximum absolute atomic E-state index is 14.1. The number of nitrogens with one attached hydrogen (secondary N) is 6. The number of sulfone groups is 1. The molecule has 10 aromatic rings. The van der Waals surface area contributed by atoms with Crippen LogP contribution in [0.3, 0.4) is 0 Å². The van der Waals surface area contributed by atoms with Gasteiger partial charge >= 0.3 is 0 Å². The van der Waals surface area contributed by atoms with Crippen LogP contribution in [-0.2, 0) is 9.84 Å². The summed E-state index contributed by atoms with van der Waals surface area (Å²) in [7, 11) is -3.65. The second-order valence-electron chi connectivity index (χ2n) is 16.6. The van der Waals surface area contributed by atoms with Crippen LogP contribution in [-0.4, -0.2) is 41.4 Å². The van der Waals surface area contributed by atoms with Crippen LogP contribution in [0, 0.1) is 11.3 Å². The maximum atomic E-state index is 14.1. The van der Waals surface area contributed by atoms with Gasteiger partial charge in [0, 0.05) is 117 Å². The number of nitriles is 1. The zero-order chi connectivity index (χ0) is 49.6. The average molecular weight is 965 g/mol. The van der Waals surface area contributed by atoms with E-state index in [1.165, 1.54) is 0 Å². The van der Waals surface area contributed by atoms with Gasteiger partial charge in [0.1, 0.15) is 5.69 Å². The molecule has 2 amide bonds. The van der Waals surface area contributed by atoms with Crippen molar-refractivity contribution < 1.29 is 22.6 Å². The minimum atomic E-state index is -3.65. The highest BCUT2D eigenvalue weighted by Crippen LogP contribution is 2.33. The number of amides is 2. The zero-order valence-corrected chi connectivity index (χ0v) is 39.1. The number of anilines is 10. The largest absolute Gasteiger partial charge is 0.355 e. The molecule has 0 unspecified atom stereocenters. The molecule has 6 aromatic carbocycles. The summed E-state index contributed by atoms with van der Waals surface area (Å²) in [4.78, 5) is 40.5. The highest BCUT2D eigenvalue weighted by molar-refractivity contribution is 7.90. The molecule has 350 valence electrons. The van der Waals surface area contributed by atoms with Crippen LogP contribution < -0.4 is 36.5 Å². The Morgan fingerprint density at radius 1 is 0.514 bits per heavy atom. The Morgan fingerprint density at radius 3 is 1.75 bits per heavy atom. The van der Waals surface area contributed by atoms with Crippen molar-refractivity contribution in [3.63, 3.8) is 0 Å². The van der Waals surface area contributed by atoms with Crippen LogP contribution in [0.2, 0.25) is 0 Å². The van der Waals surface area contributed by atoms with Crippen molar-refractivity contribution in [3.05, 3.63) is 218 Å². The third kappa shape index (κ3) is 10.4. The number of carbonyl (C=O) groups is 2. The summed E-state index contributed by atoms with van der Waals surface area (Å²) in [5.74, 6) is -0.698. The van der Waals surface area contributed by atoms with E-state index in [9.17, 15) is 23.3 Å². The highest BCUT2D eigenvalue weighted by atomic mass is 32.2. The topological polar surface area (TPSA) is 207 Å². The number of hydrogen-bond donors (Lipinski definition) is 6. The van der Waals surface area contributed by atoms with Crippen LogP contribution in [0.1, 0.15) is 26.3 Å². The normalized spacial score (nSPS) is 11.1. The minimum Gasteiger partial charge on any atom is -0.355 e. The lowest BCUT2D eigenvalue weighted by Gasteiger charge is -2.15. The van der Waals surface area contributed by atoms with Gasteiger partial charge in [0.05, 0.1) is 33.1 Å². The molecular formula is C56H42N11O4S+. The molecule has 15 nitrogen and oxygen atoms in total. The van der Waals surface area contributed by atoms with Crippen LogP contribution >= 0.6 is 0 Å². The Labute approximate surface area is 413 Å². The average Bonchev–Trinajstić information content (AvgIpc) is 3.39. The summed E-state index contributed by atoms with van der Waals surface area (Å²) in [5.41, 5.74) is 9.76. The monoisotopic (exact) mass is 964 g/mol. The number of hydrogen-bond acceptors (Lipinski definition) is 12. The van der Waals surface area contributed by atoms with E-state index in [4.69, 9.17) is 0 Å². The molecule has 4 aromatic heterocycles. The zero-order valence-electron chi connectivity index (χ0n) is 38.3. The molecule has 16 heteroatoms. The fourth-order valence-corrected chi connectivity index (χ4v) is 8.77. The number of carbonyl (C=O) groups excluding carboxylic acids is 2. The number of benzene rings is 6. The fourth-order valence-electron chi connectivity index (χ4n) is 8.12. The standard InChI is InChI=1S/C56H41N11O4S/c1-72(70,71)46-13-16-53-48(34-46)51(63-41-6-2-5-37(30-41)55(68)64-44-9-3-7-42(32-44)61-39-17-23-58-24-18-39)22-28-67(53)54-15-12-38(31-52(54)66-50-21-27-60-49-14-11-36(35-57)29-47(49)50)56(69)65-45-10-4-8-43(33-45)62-40-19-25-59-26-20-40/h2-34H,1H3,(H5,58,59,60,61,62,64,65,66,68,69)/p+1. The first-order valence-electron chi connectivity index (χ1n) is 22.5. The SMILES string of the molecule is CS(=O)(=O)c1ccc2c(c1)c(Nc1cccc(C(=O)Nc3cccc(Nc4ccncc4)c3)c1)cc[n+]2-c1ccc(C(=O)Nc2cccc(Nc3ccncc3)c2)cc1Nc1ccnc2ccc(C#N)cc12. The Morgan fingerprint density at radius 2 is 1.11 bits per heavy atom. The first kappa shape index (κ1) is 45.8. The molecule has 0 saturated carbocycles. The molecule has 0 radical (unpaired) electrons. The lowest BCUT2D eigenvalue weighted by Crippen LogP contribution is -2.32. The molecule has 0 aliphatic rings. The van der Waals surface area contributed by atoms with Crippen molar-refractivity contribution in [1.82, 2.24) is 15.0 Å². The third-order valence-electron chi connectivity index (χ3n) is 11.6. The van der Waals surface area contributed by atoms with Gasteiger partial charge in [0.2, 0.25) is 11.2 Å². The predicted molar refractivity (Wildman–Crippen MR) is 282 cm³/mol. The summed E-state index contributed by atoms with van der Waals surface area (Å²) < 4.78 is 28.0. The molecule has 4 heterocycles. The number of nitrogens with zero attached hydrogens (tertiary/aromatic N) is 5. The molecule has 0 fully saturated rings. The molecular weight excluding hydrogens is 923 g/mol. The molecule has 6 N–H and O–H groups in total. The molecule has 0 saturated heterocycles. The van der Waals surface area contributed by atoms with E-state index in [-0.39, 0.29) is 16.7 Å². The van der Waals surface area contributed by atoms with E-state index < -0.39 is 9.84 Å². The minimum absolute atomic E-state index is 0.103. The van der Waals surface area contributed by atoms with Crippen LogP contribution in [0.4, 0.5) is 56.9 Å². The van der Waals surface area contributed by atoms with Crippen molar-refractivity contribution in [2.75, 3.05) is 38.2 Å². The van der Waals surface area contributed by atoms with Gasteiger partial charge in [-0.15, -0.1) is 0 Å². The summed E-state index contributed by atoms with van der Waals surface area (Å²) in [6, 6.07) is 50.4. The lowest BCUT2D eigenvalue weighted by molar-refractivity contribution is -0.566. The number of pyridine rings is 4. The van der Waals surface area contributed by atoms with E-state index in [0.717, 1.165) is 29.0 Å². The number of rotatable bonds is 14. The smallest absolute Gasteiger partial charge is 0.255 e. The maximum Gasteiger partial charge on any atom is 0.255 e. The van der Waals surface area contributed by atoms with E-state index in [1.54, 1.807) is 116 Å². The van der Waals surface area contributed by atoms with Crippen molar-refractivity contribution in [3.8, 4) is 11.8 Å².